The predicted molar refractivity (Wildman–Crippen MR) is 66.1 cm³/mol. The molecule has 1 aromatic rings. The van der Waals surface area contributed by atoms with Crippen molar-refractivity contribution in [3.05, 3.63) is 35.1 Å². The fourth-order valence-corrected chi connectivity index (χ4v) is 3.04. The van der Waals surface area contributed by atoms with Crippen LogP contribution in [-0.2, 0) is 0 Å². The number of rotatable bonds is 2. The lowest BCUT2D eigenvalue weighted by Crippen LogP contribution is -2.14. The molecule has 0 bridgehead atoms. The molecule has 16 heavy (non-hydrogen) atoms. The Morgan fingerprint density at radius 1 is 1.31 bits per heavy atom. The minimum Gasteiger partial charge on any atom is -0.207 e. The van der Waals surface area contributed by atoms with Crippen LogP contribution in [0.25, 0.3) is 0 Å². The molecule has 2 rings (SSSR count). The SMILES string of the molecule is CCC1CCCC(c2ccc(F)cc2C)C1. The van der Waals surface area contributed by atoms with Crippen LogP contribution >= 0.6 is 0 Å². The molecule has 1 saturated carbocycles. The Morgan fingerprint density at radius 2 is 2.12 bits per heavy atom. The van der Waals surface area contributed by atoms with E-state index in [0.717, 1.165) is 11.5 Å². The van der Waals surface area contributed by atoms with Gasteiger partial charge in [-0.1, -0.05) is 32.3 Å². The minimum atomic E-state index is -0.107. The van der Waals surface area contributed by atoms with Gasteiger partial charge in [0.2, 0.25) is 0 Å². The second-order valence-corrected chi connectivity index (χ2v) is 5.14. The van der Waals surface area contributed by atoms with E-state index in [4.69, 9.17) is 0 Å². The fourth-order valence-electron chi connectivity index (χ4n) is 3.04. The van der Waals surface area contributed by atoms with Crippen molar-refractivity contribution in [3.63, 3.8) is 0 Å². The molecule has 1 heteroatoms. The second kappa shape index (κ2) is 4.99. The predicted octanol–water partition coefficient (Wildman–Crippen LogP) is 4.82. The molecule has 1 aliphatic carbocycles. The molecule has 0 aromatic heterocycles. The monoisotopic (exact) mass is 220 g/mol. The zero-order valence-corrected chi connectivity index (χ0v) is 10.3. The summed E-state index contributed by atoms with van der Waals surface area (Å²) in [7, 11) is 0. The Balaban J connectivity index is 2.16. The Morgan fingerprint density at radius 3 is 2.81 bits per heavy atom. The maximum absolute atomic E-state index is 13.1. The maximum atomic E-state index is 13.1. The first-order valence-corrected chi connectivity index (χ1v) is 6.46. The van der Waals surface area contributed by atoms with Crippen LogP contribution in [0.2, 0.25) is 0 Å². The lowest BCUT2D eigenvalue weighted by Gasteiger charge is -2.29. The molecule has 0 nitrogen and oxygen atoms in total. The summed E-state index contributed by atoms with van der Waals surface area (Å²) >= 11 is 0. The molecule has 1 fully saturated rings. The molecule has 0 amide bonds. The Kier molecular flexibility index (Phi) is 3.63. The van der Waals surface area contributed by atoms with E-state index in [-0.39, 0.29) is 5.82 Å². The molecule has 0 radical (unpaired) electrons. The molecular formula is C15H21F. The van der Waals surface area contributed by atoms with Crippen LogP contribution in [0.3, 0.4) is 0 Å². The van der Waals surface area contributed by atoms with E-state index in [0.29, 0.717) is 5.92 Å². The minimum absolute atomic E-state index is 0.107. The normalized spacial score (nSPS) is 25.7. The summed E-state index contributed by atoms with van der Waals surface area (Å²) in [5.41, 5.74) is 2.50. The molecular weight excluding hydrogens is 199 g/mol. The van der Waals surface area contributed by atoms with Gasteiger partial charge in [-0.15, -0.1) is 0 Å². The molecule has 0 N–H and O–H groups in total. The van der Waals surface area contributed by atoms with Gasteiger partial charge in [0.15, 0.2) is 0 Å². The average Bonchev–Trinajstić information content (AvgIpc) is 2.29. The van der Waals surface area contributed by atoms with Crippen LogP contribution in [0, 0.1) is 18.7 Å². The van der Waals surface area contributed by atoms with Gasteiger partial charge in [0.1, 0.15) is 5.82 Å². The van der Waals surface area contributed by atoms with Crippen molar-refractivity contribution in [2.24, 2.45) is 5.92 Å². The van der Waals surface area contributed by atoms with E-state index in [1.165, 1.54) is 37.7 Å². The highest BCUT2D eigenvalue weighted by atomic mass is 19.1. The van der Waals surface area contributed by atoms with Crippen molar-refractivity contribution in [1.82, 2.24) is 0 Å². The molecule has 1 aliphatic rings. The summed E-state index contributed by atoms with van der Waals surface area (Å²) in [5, 5.41) is 0. The molecule has 1 aromatic carbocycles. The van der Waals surface area contributed by atoms with E-state index in [1.54, 1.807) is 12.1 Å². The van der Waals surface area contributed by atoms with Crippen LogP contribution in [0.5, 0.6) is 0 Å². The summed E-state index contributed by atoms with van der Waals surface area (Å²) < 4.78 is 13.1. The Hall–Kier alpha value is -0.850. The average molecular weight is 220 g/mol. The third-order valence-electron chi connectivity index (χ3n) is 4.03. The fraction of sp³-hybridized carbons (Fsp3) is 0.600. The van der Waals surface area contributed by atoms with E-state index < -0.39 is 0 Å². The third kappa shape index (κ3) is 2.45. The lowest BCUT2D eigenvalue weighted by molar-refractivity contribution is 0.314. The van der Waals surface area contributed by atoms with Gasteiger partial charge >= 0.3 is 0 Å². The summed E-state index contributed by atoms with van der Waals surface area (Å²) in [5.74, 6) is 1.44. The van der Waals surface area contributed by atoms with Crippen molar-refractivity contribution in [3.8, 4) is 0 Å². The molecule has 0 heterocycles. The van der Waals surface area contributed by atoms with Gasteiger partial charge in [0.25, 0.3) is 0 Å². The van der Waals surface area contributed by atoms with Gasteiger partial charge in [-0.05, 0) is 54.9 Å². The maximum Gasteiger partial charge on any atom is 0.123 e. The van der Waals surface area contributed by atoms with Crippen molar-refractivity contribution >= 4 is 0 Å². The summed E-state index contributed by atoms with van der Waals surface area (Å²) in [6, 6.07) is 5.27. The summed E-state index contributed by atoms with van der Waals surface area (Å²) in [6.07, 6.45) is 6.58. The van der Waals surface area contributed by atoms with E-state index in [2.05, 4.69) is 6.92 Å². The molecule has 2 unspecified atom stereocenters. The van der Waals surface area contributed by atoms with Gasteiger partial charge in [0, 0.05) is 0 Å². The number of aryl methyl sites for hydroxylation is 1. The quantitative estimate of drug-likeness (QED) is 0.670. The zero-order chi connectivity index (χ0) is 11.5. The smallest absolute Gasteiger partial charge is 0.123 e. The highest BCUT2D eigenvalue weighted by Gasteiger charge is 2.23. The first-order chi connectivity index (χ1) is 7.70. The topological polar surface area (TPSA) is 0 Å². The molecule has 0 aliphatic heterocycles. The van der Waals surface area contributed by atoms with Crippen molar-refractivity contribution in [2.75, 3.05) is 0 Å². The van der Waals surface area contributed by atoms with E-state index >= 15 is 0 Å². The molecule has 0 saturated heterocycles. The lowest BCUT2D eigenvalue weighted by atomic mass is 9.76. The standard InChI is InChI=1S/C15H21F/c1-3-12-5-4-6-13(10-12)15-8-7-14(16)9-11(15)2/h7-9,12-13H,3-6,10H2,1-2H3. The van der Waals surface area contributed by atoms with Crippen LogP contribution in [0.15, 0.2) is 18.2 Å². The summed E-state index contributed by atoms with van der Waals surface area (Å²) in [4.78, 5) is 0. The first-order valence-electron chi connectivity index (χ1n) is 6.46. The summed E-state index contributed by atoms with van der Waals surface area (Å²) in [6.45, 7) is 4.32. The van der Waals surface area contributed by atoms with Crippen LogP contribution in [0.4, 0.5) is 4.39 Å². The van der Waals surface area contributed by atoms with Gasteiger partial charge < -0.3 is 0 Å². The number of benzene rings is 1. The van der Waals surface area contributed by atoms with Crippen molar-refractivity contribution < 1.29 is 4.39 Å². The first kappa shape index (κ1) is 11.6. The van der Waals surface area contributed by atoms with Gasteiger partial charge in [-0.25, -0.2) is 4.39 Å². The van der Waals surface area contributed by atoms with E-state index in [1.807, 2.05) is 13.0 Å². The number of hydrogen-bond acceptors (Lipinski definition) is 0. The van der Waals surface area contributed by atoms with Gasteiger partial charge in [-0.2, -0.15) is 0 Å². The highest BCUT2D eigenvalue weighted by molar-refractivity contribution is 5.30. The van der Waals surface area contributed by atoms with Crippen LogP contribution in [-0.4, -0.2) is 0 Å². The van der Waals surface area contributed by atoms with Crippen LogP contribution in [0.1, 0.15) is 56.1 Å². The van der Waals surface area contributed by atoms with E-state index in [9.17, 15) is 4.39 Å². The molecule has 2 atom stereocenters. The second-order valence-electron chi connectivity index (χ2n) is 5.14. The zero-order valence-electron chi connectivity index (χ0n) is 10.3. The van der Waals surface area contributed by atoms with Gasteiger partial charge in [-0.3, -0.25) is 0 Å². The third-order valence-corrected chi connectivity index (χ3v) is 4.03. The molecule has 88 valence electrons. The van der Waals surface area contributed by atoms with Gasteiger partial charge in [0.05, 0.1) is 0 Å². The largest absolute Gasteiger partial charge is 0.207 e. The van der Waals surface area contributed by atoms with Crippen molar-refractivity contribution in [2.45, 2.75) is 51.9 Å². The highest BCUT2D eigenvalue weighted by Crippen LogP contribution is 2.38. The number of hydrogen-bond donors (Lipinski definition) is 0. The Bertz CT molecular complexity index is 356. The van der Waals surface area contributed by atoms with Crippen LogP contribution < -0.4 is 0 Å². The molecule has 0 spiro atoms. The van der Waals surface area contributed by atoms with Crippen molar-refractivity contribution in [1.29, 1.82) is 0 Å². The Labute approximate surface area is 97.9 Å². The number of halogens is 1.